The van der Waals surface area contributed by atoms with E-state index in [1.165, 1.54) is 0 Å². The van der Waals surface area contributed by atoms with Crippen molar-refractivity contribution in [2.24, 2.45) is 7.05 Å². The Morgan fingerprint density at radius 2 is 1.89 bits per heavy atom. The van der Waals surface area contributed by atoms with Gasteiger partial charge in [0, 0.05) is 18.2 Å². The molecule has 3 heteroatoms. The van der Waals surface area contributed by atoms with Gasteiger partial charge in [0.15, 0.2) is 0 Å². The summed E-state index contributed by atoms with van der Waals surface area (Å²) in [6.07, 6.45) is 1.71. The monoisotopic (exact) mass is 240 g/mol. The summed E-state index contributed by atoms with van der Waals surface area (Å²) < 4.78 is 16.3. The molecule has 0 bridgehead atoms. The average molecular weight is 240 g/mol. The SMILES string of the molecule is Cc1c(F)c(-c2ccccc2)cc2ncn(C)c12. The summed E-state index contributed by atoms with van der Waals surface area (Å²) in [5.74, 6) is -0.169. The summed E-state index contributed by atoms with van der Waals surface area (Å²) in [6.45, 7) is 1.80. The van der Waals surface area contributed by atoms with Gasteiger partial charge in [-0.2, -0.15) is 0 Å². The highest BCUT2D eigenvalue weighted by Gasteiger charge is 2.14. The number of aromatic nitrogens is 2. The molecule has 1 aromatic heterocycles. The van der Waals surface area contributed by atoms with Gasteiger partial charge in [0.2, 0.25) is 0 Å². The Balaban J connectivity index is 2.35. The normalized spacial score (nSPS) is 11.1. The van der Waals surface area contributed by atoms with E-state index in [4.69, 9.17) is 0 Å². The number of hydrogen-bond acceptors (Lipinski definition) is 1. The molecule has 2 aromatic carbocycles. The summed E-state index contributed by atoms with van der Waals surface area (Å²) in [5.41, 5.74) is 3.82. The van der Waals surface area contributed by atoms with Gasteiger partial charge in [-0.25, -0.2) is 9.37 Å². The van der Waals surface area contributed by atoms with Crippen LogP contribution in [-0.2, 0) is 7.05 Å². The van der Waals surface area contributed by atoms with E-state index < -0.39 is 0 Å². The van der Waals surface area contributed by atoms with E-state index in [9.17, 15) is 4.39 Å². The Kier molecular flexibility index (Phi) is 2.40. The van der Waals surface area contributed by atoms with Gasteiger partial charge in [0.05, 0.1) is 17.4 Å². The summed E-state index contributed by atoms with van der Waals surface area (Å²) in [7, 11) is 1.88. The zero-order chi connectivity index (χ0) is 12.7. The van der Waals surface area contributed by atoms with Crippen molar-refractivity contribution in [3.8, 4) is 11.1 Å². The lowest BCUT2D eigenvalue weighted by Gasteiger charge is -2.08. The second-order valence-electron chi connectivity index (χ2n) is 4.45. The number of nitrogens with zero attached hydrogens (tertiary/aromatic N) is 2. The first-order valence-electron chi connectivity index (χ1n) is 5.84. The quantitative estimate of drug-likeness (QED) is 0.634. The number of hydrogen-bond donors (Lipinski definition) is 0. The lowest BCUT2D eigenvalue weighted by Crippen LogP contribution is -1.94. The molecule has 0 saturated heterocycles. The van der Waals surface area contributed by atoms with Crippen LogP contribution in [0.15, 0.2) is 42.7 Å². The largest absolute Gasteiger partial charge is 0.333 e. The van der Waals surface area contributed by atoms with Crippen LogP contribution in [0, 0.1) is 12.7 Å². The van der Waals surface area contributed by atoms with Gasteiger partial charge in [-0.15, -0.1) is 0 Å². The van der Waals surface area contributed by atoms with E-state index in [1.54, 1.807) is 13.3 Å². The van der Waals surface area contributed by atoms with Gasteiger partial charge in [0.1, 0.15) is 5.82 Å². The van der Waals surface area contributed by atoms with Gasteiger partial charge in [-0.3, -0.25) is 0 Å². The molecule has 0 radical (unpaired) electrons. The van der Waals surface area contributed by atoms with Gasteiger partial charge in [-0.05, 0) is 18.6 Å². The van der Waals surface area contributed by atoms with Crippen molar-refractivity contribution >= 4 is 11.0 Å². The molecule has 0 unspecified atom stereocenters. The molecule has 2 nitrogen and oxygen atoms in total. The Morgan fingerprint density at radius 1 is 1.17 bits per heavy atom. The minimum absolute atomic E-state index is 0.169. The minimum Gasteiger partial charge on any atom is -0.333 e. The molecule has 0 amide bonds. The first-order chi connectivity index (χ1) is 8.68. The van der Waals surface area contributed by atoms with Gasteiger partial charge in [0.25, 0.3) is 0 Å². The molecule has 0 saturated carbocycles. The lowest BCUT2D eigenvalue weighted by atomic mass is 10.0. The third kappa shape index (κ3) is 1.51. The van der Waals surface area contributed by atoms with Crippen LogP contribution in [0.2, 0.25) is 0 Å². The Hall–Kier alpha value is -2.16. The molecule has 0 aliphatic carbocycles. The van der Waals surface area contributed by atoms with E-state index in [2.05, 4.69) is 4.98 Å². The summed E-state index contributed by atoms with van der Waals surface area (Å²) >= 11 is 0. The van der Waals surface area contributed by atoms with E-state index in [1.807, 2.05) is 48.0 Å². The zero-order valence-corrected chi connectivity index (χ0v) is 10.3. The van der Waals surface area contributed by atoms with Crippen molar-refractivity contribution in [1.82, 2.24) is 9.55 Å². The van der Waals surface area contributed by atoms with Crippen molar-refractivity contribution in [1.29, 1.82) is 0 Å². The topological polar surface area (TPSA) is 17.8 Å². The van der Waals surface area contributed by atoms with E-state index in [0.29, 0.717) is 11.1 Å². The van der Waals surface area contributed by atoms with Crippen LogP contribution in [0.3, 0.4) is 0 Å². The fourth-order valence-corrected chi connectivity index (χ4v) is 2.34. The Labute approximate surface area is 105 Å². The highest BCUT2D eigenvalue weighted by Crippen LogP contribution is 2.30. The van der Waals surface area contributed by atoms with Gasteiger partial charge < -0.3 is 4.57 Å². The fourth-order valence-electron chi connectivity index (χ4n) is 2.34. The second-order valence-corrected chi connectivity index (χ2v) is 4.45. The van der Waals surface area contributed by atoms with Crippen LogP contribution in [0.5, 0.6) is 0 Å². The number of rotatable bonds is 1. The standard InChI is InChI=1S/C15H13FN2/c1-10-14(16)12(11-6-4-3-5-7-11)8-13-15(10)18(2)9-17-13/h3-9H,1-2H3. The second kappa shape index (κ2) is 3.95. The third-order valence-corrected chi connectivity index (χ3v) is 3.25. The molecule has 0 N–H and O–H groups in total. The molecular formula is C15H13FN2. The van der Waals surface area contributed by atoms with Gasteiger partial charge in [-0.1, -0.05) is 30.3 Å². The summed E-state index contributed by atoms with van der Waals surface area (Å²) in [6, 6.07) is 11.4. The van der Waals surface area contributed by atoms with Crippen LogP contribution >= 0.6 is 0 Å². The highest BCUT2D eigenvalue weighted by molar-refractivity contribution is 5.85. The average Bonchev–Trinajstić information content (AvgIpc) is 2.76. The van der Waals surface area contributed by atoms with Crippen molar-refractivity contribution in [2.75, 3.05) is 0 Å². The maximum absolute atomic E-state index is 14.4. The maximum atomic E-state index is 14.4. The Bertz CT molecular complexity index is 714. The van der Waals surface area contributed by atoms with E-state index in [-0.39, 0.29) is 5.82 Å². The highest BCUT2D eigenvalue weighted by atomic mass is 19.1. The molecular weight excluding hydrogens is 227 g/mol. The number of fused-ring (bicyclic) bond motifs is 1. The predicted octanol–water partition coefficient (Wildman–Crippen LogP) is 3.69. The molecule has 3 rings (SSSR count). The Morgan fingerprint density at radius 3 is 2.61 bits per heavy atom. The van der Waals surface area contributed by atoms with Crippen LogP contribution in [-0.4, -0.2) is 9.55 Å². The number of aryl methyl sites for hydroxylation is 2. The molecule has 0 fully saturated rings. The van der Waals surface area contributed by atoms with E-state index >= 15 is 0 Å². The smallest absolute Gasteiger partial charge is 0.136 e. The van der Waals surface area contributed by atoms with Gasteiger partial charge >= 0.3 is 0 Å². The molecule has 1 heterocycles. The molecule has 0 aliphatic heterocycles. The fraction of sp³-hybridized carbons (Fsp3) is 0.133. The number of benzene rings is 2. The van der Waals surface area contributed by atoms with Crippen LogP contribution in [0.4, 0.5) is 4.39 Å². The summed E-state index contributed by atoms with van der Waals surface area (Å²) in [4.78, 5) is 4.30. The molecule has 0 atom stereocenters. The maximum Gasteiger partial charge on any atom is 0.136 e. The number of halogens is 1. The zero-order valence-electron chi connectivity index (χ0n) is 10.3. The van der Waals surface area contributed by atoms with Crippen molar-refractivity contribution in [3.63, 3.8) is 0 Å². The molecule has 18 heavy (non-hydrogen) atoms. The first kappa shape index (κ1) is 11.0. The molecule has 0 aliphatic rings. The molecule has 0 spiro atoms. The van der Waals surface area contributed by atoms with Crippen LogP contribution in [0.1, 0.15) is 5.56 Å². The number of imidazole rings is 1. The first-order valence-corrected chi connectivity index (χ1v) is 5.84. The van der Waals surface area contributed by atoms with E-state index in [0.717, 1.165) is 16.6 Å². The van der Waals surface area contributed by atoms with Crippen molar-refractivity contribution < 1.29 is 4.39 Å². The third-order valence-electron chi connectivity index (χ3n) is 3.25. The lowest BCUT2D eigenvalue weighted by molar-refractivity contribution is 0.623. The predicted molar refractivity (Wildman–Crippen MR) is 70.8 cm³/mol. The molecule has 3 aromatic rings. The minimum atomic E-state index is -0.169. The van der Waals surface area contributed by atoms with Crippen molar-refractivity contribution in [3.05, 3.63) is 54.1 Å². The summed E-state index contributed by atoms with van der Waals surface area (Å²) in [5, 5.41) is 0. The van der Waals surface area contributed by atoms with Crippen LogP contribution < -0.4 is 0 Å². The van der Waals surface area contributed by atoms with Crippen molar-refractivity contribution in [2.45, 2.75) is 6.92 Å². The van der Waals surface area contributed by atoms with Crippen LogP contribution in [0.25, 0.3) is 22.2 Å². The molecule has 90 valence electrons.